The van der Waals surface area contributed by atoms with E-state index in [0.29, 0.717) is 12.6 Å². The summed E-state index contributed by atoms with van der Waals surface area (Å²) in [6.07, 6.45) is -1.49. The lowest BCUT2D eigenvalue weighted by Gasteiger charge is -2.26. The Morgan fingerprint density at radius 3 is 2.57 bits per heavy atom. The molecular formula is C12H13ClF3N5. The molecular weight excluding hydrogens is 307 g/mol. The average molecular weight is 320 g/mol. The van der Waals surface area contributed by atoms with Gasteiger partial charge in [0.1, 0.15) is 5.15 Å². The standard InChI is InChI=1S/C12H13ClF3N5/c1-7(2)21(5-8-4-17-6-18-8)11-19-9(12(14,15)16)3-10(13)20-11/h3-4,6-7H,5H2,1-2H3,(H,17,18). The summed E-state index contributed by atoms with van der Waals surface area (Å²) in [5.41, 5.74) is -0.325. The van der Waals surface area contributed by atoms with Gasteiger partial charge in [0.15, 0.2) is 5.69 Å². The SMILES string of the molecule is CC(C)N(Cc1cnc[nH]1)c1nc(Cl)cc(C(F)(F)F)n1. The zero-order valence-corrected chi connectivity index (χ0v) is 12.1. The molecule has 2 aromatic heterocycles. The number of nitrogens with one attached hydrogen (secondary N) is 1. The van der Waals surface area contributed by atoms with Crippen molar-refractivity contribution in [3.05, 3.63) is 35.1 Å². The van der Waals surface area contributed by atoms with Gasteiger partial charge < -0.3 is 9.88 Å². The second-order valence-electron chi connectivity index (χ2n) is 4.67. The van der Waals surface area contributed by atoms with Gasteiger partial charge in [0.05, 0.1) is 18.6 Å². The highest BCUT2D eigenvalue weighted by Crippen LogP contribution is 2.30. The maximum atomic E-state index is 12.8. The monoisotopic (exact) mass is 319 g/mol. The average Bonchev–Trinajstić information content (AvgIpc) is 2.86. The molecule has 0 amide bonds. The second kappa shape index (κ2) is 5.88. The maximum Gasteiger partial charge on any atom is 0.433 e. The van der Waals surface area contributed by atoms with Crippen LogP contribution in [0.3, 0.4) is 0 Å². The van der Waals surface area contributed by atoms with Crippen LogP contribution in [0.2, 0.25) is 5.15 Å². The Labute approximate surface area is 124 Å². The number of halogens is 4. The van der Waals surface area contributed by atoms with Crippen molar-refractivity contribution in [3.8, 4) is 0 Å². The first kappa shape index (κ1) is 15.6. The van der Waals surface area contributed by atoms with Gasteiger partial charge >= 0.3 is 6.18 Å². The predicted octanol–water partition coefficient (Wildman–Crippen LogP) is 3.29. The van der Waals surface area contributed by atoms with Crippen LogP contribution in [0.5, 0.6) is 0 Å². The summed E-state index contributed by atoms with van der Waals surface area (Å²) in [5.74, 6) is -0.0700. The Morgan fingerprint density at radius 2 is 2.05 bits per heavy atom. The summed E-state index contributed by atoms with van der Waals surface area (Å²) < 4.78 is 38.4. The number of imidazole rings is 1. The normalized spacial score (nSPS) is 12.0. The molecule has 9 heteroatoms. The zero-order chi connectivity index (χ0) is 15.6. The highest BCUT2D eigenvalue weighted by Gasteiger charge is 2.34. The van der Waals surface area contributed by atoms with E-state index in [0.717, 1.165) is 5.69 Å². The molecule has 0 aliphatic carbocycles. The first-order valence-electron chi connectivity index (χ1n) is 6.13. The van der Waals surface area contributed by atoms with Crippen LogP contribution in [-0.2, 0) is 12.7 Å². The van der Waals surface area contributed by atoms with Crippen molar-refractivity contribution >= 4 is 17.5 Å². The summed E-state index contributed by atoms with van der Waals surface area (Å²) in [6, 6.07) is 0.590. The van der Waals surface area contributed by atoms with Gasteiger partial charge in [-0.15, -0.1) is 0 Å². The van der Waals surface area contributed by atoms with Crippen LogP contribution in [-0.4, -0.2) is 26.0 Å². The predicted molar refractivity (Wildman–Crippen MR) is 72.0 cm³/mol. The summed E-state index contributed by atoms with van der Waals surface area (Å²) in [6.45, 7) is 3.96. The molecule has 2 aromatic rings. The van der Waals surface area contributed by atoms with E-state index in [1.165, 1.54) is 6.33 Å². The molecule has 0 unspecified atom stereocenters. The molecule has 0 bridgehead atoms. The Bertz CT molecular complexity index is 597. The fourth-order valence-corrected chi connectivity index (χ4v) is 1.90. The first-order chi connectivity index (χ1) is 9.77. The lowest BCUT2D eigenvalue weighted by atomic mass is 10.3. The van der Waals surface area contributed by atoms with Gasteiger partial charge in [-0.05, 0) is 13.8 Å². The topological polar surface area (TPSA) is 57.7 Å². The summed E-state index contributed by atoms with van der Waals surface area (Å²) in [7, 11) is 0. The Kier molecular flexibility index (Phi) is 4.36. The molecule has 0 atom stereocenters. The van der Waals surface area contributed by atoms with E-state index in [4.69, 9.17) is 11.6 Å². The number of aromatic amines is 1. The number of rotatable bonds is 4. The third-order valence-electron chi connectivity index (χ3n) is 2.75. The zero-order valence-electron chi connectivity index (χ0n) is 11.3. The third-order valence-corrected chi connectivity index (χ3v) is 2.94. The second-order valence-corrected chi connectivity index (χ2v) is 5.06. The van der Waals surface area contributed by atoms with Crippen molar-refractivity contribution in [1.29, 1.82) is 0 Å². The smallest absolute Gasteiger partial charge is 0.347 e. The van der Waals surface area contributed by atoms with Crippen LogP contribution in [0.25, 0.3) is 0 Å². The van der Waals surface area contributed by atoms with Crippen molar-refractivity contribution in [3.63, 3.8) is 0 Å². The van der Waals surface area contributed by atoms with E-state index in [1.807, 2.05) is 13.8 Å². The van der Waals surface area contributed by atoms with Gasteiger partial charge in [-0.2, -0.15) is 13.2 Å². The molecule has 114 valence electrons. The van der Waals surface area contributed by atoms with E-state index in [-0.39, 0.29) is 17.1 Å². The number of aromatic nitrogens is 4. The van der Waals surface area contributed by atoms with Gasteiger partial charge in [0.25, 0.3) is 0 Å². The van der Waals surface area contributed by atoms with Crippen LogP contribution in [0.15, 0.2) is 18.6 Å². The van der Waals surface area contributed by atoms with Crippen molar-refractivity contribution in [2.45, 2.75) is 32.6 Å². The van der Waals surface area contributed by atoms with Crippen molar-refractivity contribution in [2.24, 2.45) is 0 Å². The van der Waals surface area contributed by atoms with Crippen LogP contribution < -0.4 is 4.90 Å². The molecule has 0 aliphatic rings. The minimum atomic E-state index is -4.57. The van der Waals surface area contributed by atoms with Gasteiger partial charge in [-0.25, -0.2) is 15.0 Å². The molecule has 0 aliphatic heterocycles. The lowest BCUT2D eigenvalue weighted by Crippen LogP contribution is -2.32. The van der Waals surface area contributed by atoms with E-state index >= 15 is 0 Å². The largest absolute Gasteiger partial charge is 0.433 e. The summed E-state index contributed by atoms with van der Waals surface area (Å²) in [5, 5.41) is -0.248. The van der Waals surface area contributed by atoms with Gasteiger partial charge in [0, 0.05) is 18.3 Å². The van der Waals surface area contributed by atoms with Crippen molar-refractivity contribution in [2.75, 3.05) is 4.90 Å². The van der Waals surface area contributed by atoms with Crippen LogP contribution >= 0.6 is 11.6 Å². The van der Waals surface area contributed by atoms with Crippen LogP contribution in [0.1, 0.15) is 25.2 Å². The Hall–Kier alpha value is -1.83. The molecule has 0 fully saturated rings. The Balaban J connectivity index is 2.38. The number of alkyl halides is 3. The minimum absolute atomic E-state index is 0.0700. The van der Waals surface area contributed by atoms with E-state index in [1.54, 1.807) is 11.1 Å². The number of hydrogen-bond acceptors (Lipinski definition) is 4. The third kappa shape index (κ3) is 3.84. The van der Waals surface area contributed by atoms with Gasteiger partial charge in [-0.3, -0.25) is 0 Å². The summed E-state index contributed by atoms with van der Waals surface area (Å²) >= 11 is 5.69. The quantitative estimate of drug-likeness (QED) is 0.879. The summed E-state index contributed by atoms with van der Waals surface area (Å²) in [4.78, 5) is 15.8. The number of H-pyrrole nitrogens is 1. The molecule has 0 aromatic carbocycles. The highest BCUT2D eigenvalue weighted by atomic mass is 35.5. The van der Waals surface area contributed by atoms with Crippen molar-refractivity contribution < 1.29 is 13.2 Å². The van der Waals surface area contributed by atoms with Gasteiger partial charge in [0.2, 0.25) is 5.95 Å². The van der Waals surface area contributed by atoms with E-state index in [9.17, 15) is 13.2 Å². The molecule has 0 saturated heterocycles. The fourth-order valence-electron chi connectivity index (χ4n) is 1.72. The first-order valence-corrected chi connectivity index (χ1v) is 6.51. The molecule has 0 radical (unpaired) electrons. The van der Waals surface area contributed by atoms with Gasteiger partial charge in [-0.1, -0.05) is 11.6 Å². The fraction of sp³-hybridized carbons (Fsp3) is 0.417. The minimum Gasteiger partial charge on any atom is -0.347 e. The molecule has 0 saturated carbocycles. The van der Waals surface area contributed by atoms with Crippen LogP contribution in [0.4, 0.5) is 19.1 Å². The number of hydrogen-bond donors (Lipinski definition) is 1. The molecule has 0 spiro atoms. The lowest BCUT2D eigenvalue weighted by molar-refractivity contribution is -0.141. The van der Waals surface area contributed by atoms with E-state index in [2.05, 4.69) is 19.9 Å². The molecule has 21 heavy (non-hydrogen) atoms. The molecule has 2 rings (SSSR count). The van der Waals surface area contributed by atoms with Crippen molar-refractivity contribution in [1.82, 2.24) is 19.9 Å². The number of nitrogens with zero attached hydrogens (tertiary/aromatic N) is 4. The highest BCUT2D eigenvalue weighted by molar-refractivity contribution is 6.29. The molecule has 5 nitrogen and oxygen atoms in total. The molecule has 2 heterocycles. The molecule has 1 N–H and O–H groups in total. The number of anilines is 1. The maximum absolute atomic E-state index is 12.8. The van der Waals surface area contributed by atoms with E-state index < -0.39 is 11.9 Å². The van der Waals surface area contributed by atoms with Crippen LogP contribution in [0, 0.1) is 0 Å². The Morgan fingerprint density at radius 1 is 1.33 bits per heavy atom.